The normalized spacial score (nSPS) is 35.1. The van der Waals surface area contributed by atoms with Crippen LogP contribution in [0, 0.1) is 5.92 Å². The molecule has 1 saturated carbocycles. The first-order valence-corrected chi connectivity index (χ1v) is 4.44. The minimum Gasteiger partial charge on any atom is -0.468 e. The van der Waals surface area contributed by atoms with Gasteiger partial charge >= 0.3 is 5.97 Å². The van der Waals surface area contributed by atoms with E-state index in [-0.39, 0.29) is 5.97 Å². The van der Waals surface area contributed by atoms with E-state index in [1.54, 1.807) is 0 Å². The molecule has 0 amide bonds. The summed E-state index contributed by atoms with van der Waals surface area (Å²) in [5.74, 6) is 0.268. The highest BCUT2D eigenvalue weighted by Crippen LogP contribution is 2.35. The number of ether oxygens (including phenoxy) is 1. The summed E-state index contributed by atoms with van der Waals surface area (Å²) in [6.07, 6.45) is 3.12. The molecule has 2 atom stereocenters. The highest BCUT2D eigenvalue weighted by molar-refractivity contribution is 5.81. The first-order chi connectivity index (χ1) is 5.67. The van der Waals surface area contributed by atoms with Gasteiger partial charge in [0.2, 0.25) is 0 Å². The number of hydrogen-bond acceptors (Lipinski definition) is 3. The molecule has 0 bridgehead atoms. The Kier molecular flexibility index (Phi) is 2.73. The van der Waals surface area contributed by atoms with Gasteiger partial charge in [0, 0.05) is 0 Å². The van der Waals surface area contributed by atoms with Crippen molar-refractivity contribution in [2.45, 2.75) is 31.7 Å². The van der Waals surface area contributed by atoms with Gasteiger partial charge in [0.15, 0.2) is 0 Å². The summed E-state index contributed by atoms with van der Waals surface area (Å²) in [6.45, 7) is 2.10. The van der Waals surface area contributed by atoms with Crippen LogP contribution in [0.2, 0.25) is 0 Å². The zero-order chi connectivity index (χ0) is 9.19. The SMILES string of the molecule is CNC1(C(=O)OC)CCC[C@H]1C. The highest BCUT2D eigenvalue weighted by atomic mass is 16.5. The van der Waals surface area contributed by atoms with Crippen LogP contribution in [0.3, 0.4) is 0 Å². The molecular weight excluding hydrogens is 154 g/mol. The Labute approximate surface area is 73.5 Å². The monoisotopic (exact) mass is 171 g/mol. The molecule has 0 radical (unpaired) electrons. The van der Waals surface area contributed by atoms with Crippen molar-refractivity contribution in [3.8, 4) is 0 Å². The average Bonchev–Trinajstić information content (AvgIpc) is 2.46. The fourth-order valence-electron chi connectivity index (χ4n) is 2.14. The summed E-state index contributed by atoms with van der Waals surface area (Å²) in [4.78, 5) is 11.5. The molecule has 1 fully saturated rings. The van der Waals surface area contributed by atoms with E-state index >= 15 is 0 Å². The molecule has 0 aromatic rings. The summed E-state index contributed by atoms with van der Waals surface area (Å²) in [7, 11) is 3.28. The van der Waals surface area contributed by atoms with E-state index in [1.165, 1.54) is 7.11 Å². The molecule has 0 heterocycles. The van der Waals surface area contributed by atoms with Crippen molar-refractivity contribution in [3.63, 3.8) is 0 Å². The van der Waals surface area contributed by atoms with Crippen molar-refractivity contribution in [2.24, 2.45) is 5.92 Å². The highest BCUT2D eigenvalue weighted by Gasteiger charge is 2.46. The number of methoxy groups -OCH3 is 1. The lowest BCUT2D eigenvalue weighted by molar-refractivity contribution is -0.149. The quantitative estimate of drug-likeness (QED) is 0.628. The van der Waals surface area contributed by atoms with Crippen molar-refractivity contribution in [1.29, 1.82) is 0 Å². The fraction of sp³-hybridized carbons (Fsp3) is 0.889. The van der Waals surface area contributed by atoms with Crippen molar-refractivity contribution < 1.29 is 9.53 Å². The van der Waals surface area contributed by atoms with E-state index < -0.39 is 5.54 Å². The molecule has 3 heteroatoms. The van der Waals surface area contributed by atoms with Crippen molar-refractivity contribution >= 4 is 5.97 Å². The summed E-state index contributed by atoms with van der Waals surface area (Å²) in [5.41, 5.74) is -0.408. The molecule has 70 valence electrons. The second-order valence-electron chi connectivity index (χ2n) is 3.51. The van der Waals surface area contributed by atoms with E-state index in [1.807, 2.05) is 7.05 Å². The molecule has 0 aliphatic heterocycles. The lowest BCUT2D eigenvalue weighted by atomic mass is 9.89. The second-order valence-corrected chi connectivity index (χ2v) is 3.51. The largest absolute Gasteiger partial charge is 0.468 e. The predicted molar refractivity (Wildman–Crippen MR) is 46.8 cm³/mol. The van der Waals surface area contributed by atoms with Gasteiger partial charge in [-0.05, 0) is 25.8 Å². The number of likely N-dealkylation sites (N-methyl/N-ethyl adjacent to an activating group) is 1. The Balaban J connectivity index is 2.81. The first kappa shape index (κ1) is 9.52. The molecule has 1 unspecified atom stereocenters. The Morgan fingerprint density at radius 2 is 2.33 bits per heavy atom. The standard InChI is InChI=1S/C9H17NO2/c1-7-5-4-6-9(7,10-2)8(11)12-3/h7,10H,4-6H2,1-3H3/t7-,9?/m1/s1. The predicted octanol–water partition coefficient (Wildman–Crippen LogP) is 0.938. The number of esters is 1. The van der Waals surface area contributed by atoms with Gasteiger partial charge in [-0.15, -0.1) is 0 Å². The van der Waals surface area contributed by atoms with Crippen molar-refractivity contribution in [2.75, 3.05) is 14.2 Å². The minimum atomic E-state index is -0.408. The maximum absolute atomic E-state index is 11.5. The minimum absolute atomic E-state index is 0.116. The van der Waals surface area contributed by atoms with Crippen LogP contribution in [0.5, 0.6) is 0 Å². The molecular formula is C9H17NO2. The molecule has 1 rings (SSSR count). The lowest BCUT2D eigenvalue weighted by Gasteiger charge is -2.29. The molecule has 12 heavy (non-hydrogen) atoms. The zero-order valence-corrected chi connectivity index (χ0v) is 8.02. The van der Waals surface area contributed by atoms with Gasteiger partial charge in [0.05, 0.1) is 7.11 Å². The van der Waals surface area contributed by atoms with Crippen LogP contribution in [0.15, 0.2) is 0 Å². The summed E-state index contributed by atoms with van der Waals surface area (Å²) in [6, 6.07) is 0. The van der Waals surface area contributed by atoms with E-state index in [9.17, 15) is 4.79 Å². The zero-order valence-electron chi connectivity index (χ0n) is 8.02. The number of nitrogens with one attached hydrogen (secondary N) is 1. The third-order valence-electron chi connectivity index (χ3n) is 3.05. The summed E-state index contributed by atoms with van der Waals surface area (Å²) >= 11 is 0. The fourth-order valence-corrected chi connectivity index (χ4v) is 2.14. The van der Waals surface area contributed by atoms with E-state index in [4.69, 9.17) is 4.74 Å². The maximum Gasteiger partial charge on any atom is 0.326 e. The van der Waals surface area contributed by atoms with Crippen LogP contribution in [0.1, 0.15) is 26.2 Å². The maximum atomic E-state index is 11.5. The van der Waals surface area contributed by atoms with Crippen LogP contribution < -0.4 is 5.32 Å². The third-order valence-corrected chi connectivity index (χ3v) is 3.05. The van der Waals surface area contributed by atoms with E-state index in [0.29, 0.717) is 5.92 Å². The average molecular weight is 171 g/mol. The second kappa shape index (κ2) is 3.44. The van der Waals surface area contributed by atoms with Gasteiger partial charge < -0.3 is 10.1 Å². The number of carbonyl (C=O) groups is 1. The summed E-state index contributed by atoms with van der Waals surface area (Å²) < 4.78 is 4.80. The smallest absolute Gasteiger partial charge is 0.326 e. The van der Waals surface area contributed by atoms with Gasteiger partial charge in [-0.25, -0.2) is 0 Å². The molecule has 3 nitrogen and oxygen atoms in total. The first-order valence-electron chi connectivity index (χ1n) is 4.44. The van der Waals surface area contributed by atoms with Gasteiger partial charge in [-0.1, -0.05) is 13.3 Å². The molecule has 0 spiro atoms. The topological polar surface area (TPSA) is 38.3 Å². The van der Waals surface area contributed by atoms with Crippen LogP contribution in [-0.4, -0.2) is 25.7 Å². The van der Waals surface area contributed by atoms with Crippen molar-refractivity contribution in [1.82, 2.24) is 5.32 Å². The molecule has 1 aliphatic rings. The van der Waals surface area contributed by atoms with Gasteiger partial charge in [-0.2, -0.15) is 0 Å². The van der Waals surface area contributed by atoms with Crippen LogP contribution in [-0.2, 0) is 9.53 Å². The Bertz CT molecular complexity index is 181. The van der Waals surface area contributed by atoms with E-state index in [2.05, 4.69) is 12.2 Å². The molecule has 0 aromatic heterocycles. The Hall–Kier alpha value is -0.570. The Morgan fingerprint density at radius 3 is 2.67 bits per heavy atom. The third kappa shape index (κ3) is 1.22. The van der Waals surface area contributed by atoms with Gasteiger partial charge in [0.25, 0.3) is 0 Å². The molecule has 1 N–H and O–H groups in total. The van der Waals surface area contributed by atoms with Crippen molar-refractivity contribution in [3.05, 3.63) is 0 Å². The van der Waals surface area contributed by atoms with Crippen LogP contribution >= 0.6 is 0 Å². The van der Waals surface area contributed by atoms with Gasteiger partial charge in [0.1, 0.15) is 5.54 Å². The molecule has 1 aliphatic carbocycles. The Morgan fingerprint density at radius 1 is 1.67 bits per heavy atom. The van der Waals surface area contributed by atoms with Crippen LogP contribution in [0.25, 0.3) is 0 Å². The molecule has 0 saturated heterocycles. The number of rotatable bonds is 2. The molecule has 0 aromatic carbocycles. The summed E-state index contributed by atoms with van der Waals surface area (Å²) in [5, 5.41) is 3.10. The van der Waals surface area contributed by atoms with E-state index in [0.717, 1.165) is 19.3 Å². The number of hydrogen-bond donors (Lipinski definition) is 1. The van der Waals surface area contributed by atoms with Gasteiger partial charge in [-0.3, -0.25) is 4.79 Å². The number of carbonyl (C=O) groups excluding carboxylic acids is 1. The lowest BCUT2D eigenvalue weighted by Crippen LogP contribution is -2.52. The van der Waals surface area contributed by atoms with Crippen LogP contribution in [0.4, 0.5) is 0 Å².